The van der Waals surface area contributed by atoms with Gasteiger partial charge in [0, 0.05) is 25.3 Å². The van der Waals surface area contributed by atoms with Gasteiger partial charge < -0.3 is 19.6 Å². The van der Waals surface area contributed by atoms with Crippen LogP contribution in [0.25, 0.3) is 0 Å². The van der Waals surface area contributed by atoms with Gasteiger partial charge in [-0.05, 0) is 32.4 Å². The molecule has 1 aliphatic heterocycles. The molecule has 1 N–H and O–H groups in total. The highest BCUT2D eigenvalue weighted by atomic mass is 16.5. The van der Waals surface area contributed by atoms with Gasteiger partial charge in [-0.15, -0.1) is 0 Å². The first-order valence-electron chi connectivity index (χ1n) is 8.40. The predicted octanol–water partition coefficient (Wildman–Crippen LogP) is 1.90. The molecule has 0 saturated carbocycles. The van der Waals surface area contributed by atoms with E-state index in [0.717, 1.165) is 5.69 Å². The molecule has 0 bridgehead atoms. The third-order valence-electron chi connectivity index (χ3n) is 4.12. The fourth-order valence-electron chi connectivity index (χ4n) is 2.93. The first kappa shape index (κ1) is 17.8. The number of amides is 1. The van der Waals surface area contributed by atoms with E-state index in [1.165, 1.54) is 0 Å². The van der Waals surface area contributed by atoms with Crippen molar-refractivity contribution in [1.82, 2.24) is 4.90 Å². The van der Waals surface area contributed by atoms with E-state index in [0.29, 0.717) is 26.1 Å². The molecule has 23 heavy (non-hydrogen) atoms. The smallest absolute Gasteiger partial charge is 0.242 e. The second-order valence-electron chi connectivity index (χ2n) is 6.33. The number of rotatable bonds is 6. The van der Waals surface area contributed by atoms with Crippen LogP contribution in [0.4, 0.5) is 5.69 Å². The highest BCUT2D eigenvalue weighted by Crippen LogP contribution is 2.16. The van der Waals surface area contributed by atoms with E-state index in [4.69, 9.17) is 4.74 Å². The Balaban J connectivity index is 2.06. The van der Waals surface area contributed by atoms with E-state index in [2.05, 4.69) is 0 Å². The molecule has 1 fully saturated rings. The maximum Gasteiger partial charge on any atom is 0.242 e. The Kier molecular flexibility index (Phi) is 6.42. The summed E-state index contributed by atoms with van der Waals surface area (Å²) < 4.78 is 5.69. The molecule has 1 amide bonds. The minimum Gasteiger partial charge on any atom is -0.391 e. The van der Waals surface area contributed by atoms with E-state index in [-0.39, 0.29) is 24.7 Å². The quantitative estimate of drug-likeness (QED) is 0.870. The molecule has 0 aliphatic carbocycles. The molecule has 0 spiro atoms. The average Bonchev–Trinajstić information content (AvgIpc) is 2.53. The van der Waals surface area contributed by atoms with Crippen LogP contribution in [0.2, 0.25) is 0 Å². The summed E-state index contributed by atoms with van der Waals surface area (Å²) in [4.78, 5) is 16.5. The summed E-state index contributed by atoms with van der Waals surface area (Å²) in [5.41, 5.74) is 0.961. The van der Waals surface area contributed by atoms with E-state index >= 15 is 0 Å². The maximum absolute atomic E-state index is 12.7. The van der Waals surface area contributed by atoms with Crippen LogP contribution in [0.1, 0.15) is 27.2 Å². The Morgan fingerprint density at radius 2 is 1.91 bits per heavy atom. The van der Waals surface area contributed by atoms with Crippen molar-refractivity contribution in [3.8, 4) is 0 Å². The van der Waals surface area contributed by atoms with Gasteiger partial charge in [-0.1, -0.05) is 25.1 Å². The summed E-state index contributed by atoms with van der Waals surface area (Å²) in [7, 11) is 0. The number of carbonyl (C=O) groups is 1. The van der Waals surface area contributed by atoms with Gasteiger partial charge in [0.05, 0.1) is 24.9 Å². The number of hydrogen-bond donors (Lipinski definition) is 1. The zero-order valence-corrected chi connectivity index (χ0v) is 14.3. The maximum atomic E-state index is 12.7. The molecule has 0 unspecified atom stereocenters. The van der Waals surface area contributed by atoms with Crippen molar-refractivity contribution in [2.75, 3.05) is 31.1 Å². The molecule has 5 nitrogen and oxygen atoms in total. The van der Waals surface area contributed by atoms with Crippen LogP contribution in [0, 0.1) is 0 Å². The number of morpholine rings is 1. The van der Waals surface area contributed by atoms with Gasteiger partial charge in [0.15, 0.2) is 0 Å². The summed E-state index contributed by atoms with van der Waals surface area (Å²) in [5.74, 6) is 0.0826. The molecule has 1 aliphatic rings. The Morgan fingerprint density at radius 3 is 2.48 bits per heavy atom. The van der Waals surface area contributed by atoms with Crippen molar-refractivity contribution >= 4 is 11.6 Å². The minimum absolute atomic E-state index is 0.0640. The van der Waals surface area contributed by atoms with E-state index in [1.54, 1.807) is 0 Å². The summed E-state index contributed by atoms with van der Waals surface area (Å²) >= 11 is 0. The molecule has 1 heterocycles. The molecule has 5 heteroatoms. The zero-order chi connectivity index (χ0) is 16.8. The second kappa shape index (κ2) is 8.31. The lowest BCUT2D eigenvalue weighted by Gasteiger charge is -2.37. The standard InChI is InChI=1S/C18H28N2O3/c1-4-17(21)12-19(16-8-6-5-7-9-16)13-18(22)20-10-14(2)23-15(3)11-20/h5-9,14-15,17,21H,4,10-13H2,1-3H3/t14-,15+,17-/m0/s1. The number of anilines is 1. The molecule has 0 radical (unpaired) electrons. The fraction of sp³-hybridized carbons (Fsp3) is 0.611. The van der Waals surface area contributed by atoms with Crippen molar-refractivity contribution in [1.29, 1.82) is 0 Å². The average molecular weight is 320 g/mol. The van der Waals surface area contributed by atoms with Crippen LogP contribution >= 0.6 is 0 Å². The molecular formula is C18H28N2O3. The largest absolute Gasteiger partial charge is 0.391 e. The number of aliphatic hydroxyl groups excluding tert-OH is 1. The van der Waals surface area contributed by atoms with Gasteiger partial charge in [-0.3, -0.25) is 4.79 Å². The number of carbonyl (C=O) groups excluding carboxylic acids is 1. The second-order valence-corrected chi connectivity index (χ2v) is 6.33. The van der Waals surface area contributed by atoms with Gasteiger partial charge in [-0.2, -0.15) is 0 Å². The molecule has 1 saturated heterocycles. The Labute approximate surface area is 138 Å². The van der Waals surface area contributed by atoms with Gasteiger partial charge >= 0.3 is 0 Å². The molecule has 2 rings (SSSR count). The first-order valence-corrected chi connectivity index (χ1v) is 8.40. The van der Waals surface area contributed by atoms with E-state index < -0.39 is 6.10 Å². The first-order chi connectivity index (χ1) is 11.0. The van der Waals surface area contributed by atoms with E-state index in [1.807, 2.05) is 60.9 Å². The number of hydrogen-bond acceptors (Lipinski definition) is 4. The Hall–Kier alpha value is -1.59. The molecular weight excluding hydrogens is 292 g/mol. The third kappa shape index (κ3) is 5.22. The van der Waals surface area contributed by atoms with Crippen LogP contribution in [-0.2, 0) is 9.53 Å². The molecule has 0 aromatic heterocycles. The van der Waals surface area contributed by atoms with Gasteiger partial charge in [0.1, 0.15) is 0 Å². The van der Waals surface area contributed by atoms with Crippen molar-refractivity contribution in [3.63, 3.8) is 0 Å². The molecule has 3 atom stereocenters. The monoisotopic (exact) mass is 320 g/mol. The molecule has 1 aromatic rings. The van der Waals surface area contributed by atoms with Crippen molar-refractivity contribution in [2.45, 2.75) is 45.5 Å². The van der Waals surface area contributed by atoms with Crippen LogP contribution < -0.4 is 4.90 Å². The minimum atomic E-state index is -0.439. The van der Waals surface area contributed by atoms with Gasteiger partial charge in [0.2, 0.25) is 5.91 Å². The lowest BCUT2D eigenvalue weighted by molar-refractivity contribution is -0.141. The lowest BCUT2D eigenvalue weighted by Crippen LogP contribution is -2.51. The van der Waals surface area contributed by atoms with Crippen molar-refractivity contribution < 1.29 is 14.6 Å². The number of benzene rings is 1. The Morgan fingerprint density at radius 1 is 1.30 bits per heavy atom. The SMILES string of the molecule is CC[C@H](O)CN(CC(=O)N1C[C@@H](C)O[C@@H](C)C1)c1ccccc1. The van der Waals surface area contributed by atoms with Crippen LogP contribution in [0.15, 0.2) is 30.3 Å². The summed E-state index contributed by atoms with van der Waals surface area (Å²) in [6.07, 6.45) is 0.358. The number of aliphatic hydroxyl groups is 1. The zero-order valence-electron chi connectivity index (χ0n) is 14.3. The number of nitrogens with zero attached hydrogens (tertiary/aromatic N) is 2. The fourth-order valence-corrected chi connectivity index (χ4v) is 2.93. The Bertz CT molecular complexity index is 484. The highest BCUT2D eigenvalue weighted by Gasteiger charge is 2.27. The number of ether oxygens (including phenoxy) is 1. The van der Waals surface area contributed by atoms with E-state index in [9.17, 15) is 9.90 Å². The van der Waals surface area contributed by atoms with Crippen LogP contribution in [-0.4, -0.2) is 60.4 Å². The normalized spacial score (nSPS) is 22.7. The topological polar surface area (TPSA) is 53.0 Å². The third-order valence-corrected chi connectivity index (χ3v) is 4.12. The lowest BCUT2D eigenvalue weighted by atomic mass is 10.2. The number of para-hydroxylation sites is 1. The van der Waals surface area contributed by atoms with Crippen molar-refractivity contribution in [2.24, 2.45) is 0 Å². The highest BCUT2D eigenvalue weighted by molar-refractivity contribution is 5.81. The van der Waals surface area contributed by atoms with Gasteiger partial charge in [0.25, 0.3) is 0 Å². The molecule has 1 aromatic carbocycles. The van der Waals surface area contributed by atoms with Crippen molar-refractivity contribution in [3.05, 3.63) is 30.3 Å². The summed E-state index contributed by atoms with van der Waals surface area (Å²) in [5, 5.41) is 10.0. The molecule has 128 valence electrons. The van der Waals surface area contributed by atoms with Crippen LogP contribution in [0.5, 0.6) is 0 Å². The van der Waals surface area contributed by atoms with Crippen LogP contribution in [0.3, 0.4) is 0 Å². The predicted molar refractivity (Wildman–Crippen MR) is 91.5 cm³/mol. The summed E-state index contributed by atoms with van der Waals surface area (Å²) in [6, 6.07) is 9.79. The summed E-state index contributed by atoms with van der Waals surface area (Å²) in [6.45, 7) is 7.92. The van der Waals surface area contributed by atoms with Gasteiger partial charge in [-0.25, -0.2) is 0 Å².